The zero-order valence-electron chi connectivity index (χ0n) is 19.1. The van der Waals surface area contributed by atoms with Crippen LogP contribution in [0.15, 0.2) is 24.3 Å². The molecule has 0 unspecified atom stereocenters. The number of carbonyl (C=O) groups excluding carboxylic acids is 3. The van der Waals surface area contributed by atoms with Crippen LogP contribution < -0.4 is 0 Å². The Balaban J connectivity index is 1.92. The molecule has 2 aromatic rings. The van der Waals surface area contributed by atoms with Gasteiger partial charge in [-0.15, -0.1) is 0 Å². The molecule has 3 rings (SSSR count). The van der Waals surface area contributed by atoms with Gasteiger partial charge < -0.3 is 14.2 Å². The highest BCUT2D eigenvalue weighted by atomic mass is 19.4. The largest absolute Gasteiger partial charge is 0.461 e. The molecule has 6 nitrogen and oxygen atoms in total. The molecule has 0 radical (unpaired) electrons. The van der Waals surface area contributed by atoms with Crippen molar-refractivity contribution in [3.8, 4) is 0 Å². The molecule has 33 heavy (non-hydrogen) atoms. The van der Waals surface area contributed by atoms with Crippen LogP contribution >= 0.6 is 0 Å². The molecule has 0 spiro atoms. The van der Waals surface area contributed by atoms with Gasteiger partial charge in [0.05, 0.1) is 18.7 Å². The molecule has 1 aromatic carbocycles. The Kier molecular flexibility index (Phi) is 7.00. The third-order valence-corrected chi connectivity index (χ3v) is 5.83. The van der Waals surface area contributed by atoms with Crippen molar-refractivity contribution in [1.29, 1.82) is 0 Å². The maximum Gasteiger partial charge on any atom is 0.416 e. The number of amides is 1. The Bertz CT molecular complexity index is 1080. The number of alkyl halides is 3. The Morgan fingerprint density at radius 2 is 1.82 bits per heavy atom. The molecule has 1 saturated carbocycles. The summed E-state index contributed by atoms with van der Waals surface area (Å²) in [6.07, 6.45) is -3.21. The minimum absolute atomic E-state index is 0.115. The van der Waals surface area contributed by atoms with Crippen molar-refractivity contribution in [3.05, 3.63) is 57.9 Å². The summed E-state index contributed by atoms with van der Waals surface area (Å²) in [6, 6.07) is 4.02. The fourth-order valence-corrected chi connectivity index (χ4v) is 4.14. The van der Waals surface area contributed by atoms with Crippen LogP contribution in [0, 0.1) is 13.8 Å². The maximum absolute atomic E-state index is 13.3. The van der Waals surface area contributed by atoms with Crippen molar-refractivity contribution >= 4 is 17.7 Å². The van der Waals surface area contributed by atoms with E-state index in [0.29, 0.717) is 41.9 Å². The van der Waals surface area contributed by atoms with Gasteiger partial charge in [0, 0.05) is 29.4 Å². The monoisotopic (exact) mass is 464 g/mol. The standard InChI is InChI=1S/C24H27F3N2O4/c1-5-28-15(4)20(14(3)21(28)23(32)33-6-2)19(30)13-29(18-10-11-18)22(31)16-8-7-9-17(12-16)24(25,26)27/h7-9,12,18H,5-6,10-11,13H2,1-4H3. The predicted molar refractivity (Wildman–Crippen MR) is 115 cm³/mol. The first kappa shape index (κ1) is 24.5. The van der Waals surface area contributed by atoms with Gasteiger partial charge in [0.1, 0.15) is 5.69 Å². The van der Waals surface area contributed by atoms with E-state index in [4.69, 9.17) is 4.74 Å². The molecule has 1 aromatic heterocycles. The van der Waals surface area contributed by atoms with Gasteiger partial charge in [-0.1, -0.05) is 6.07 Å². The zero-order valence-corrected chi connectivity index (χ0v) is 19.1. The third kappa shape index (κ3) is 4.96. The van der Waals surface area contributed by atoms with Crippen LogP contribution in [-0.4, -0.2) is 46.3 Å². The summed E-state index contributed by atoms with van der Waals surface area (Å²) in [7, 11) is 0. The van der Waals surface area contributed by atoms with Crippen molar-refractivity contribution < 1.29 is 32.3 Å². The fourth-order valence-electron chi connectivity index (χ4n) is 4.14. The molecule has 178 valence electrons. The van der Waals surface area contributed by atoms with E-state index < -0.39 is 23.6 Å². The van der Waals surface area contributed by atoms with Crippen LogP contribution in [0.1, 0.15) is 74.7 Å². The van der Waals surface area contributed by atoms with Gasteiger partial charge in [-0.05, 0) is 64.3 Å². The van der Waals surface area contributed by atoms with Crippen molar-refractivity contribution in [2.24, 2.45) is 0 Å². The van der Waals surface area contributed by atoms with Crippen LogP contribution in [0.4, 0.5) is 13.2 Å². The van der Waals surface area contributed by atoms with E-state index >= 15 is 0 Å². The average Bonchev–Trinajstić information content (AvgIpc) is 3.56. The van der Waals surface area contributed by atoms with Crippen LogP contribution in [0.5, 0.6) is 0 Å². The molecule has 0 aliphatic heterocycles. The Morgan fingerprint density at radius 1 is 1.15 bits per heavy atom. The first-order chi connectivity index (χ1) is 15.5. The second-order valence-corrected chi connectivity index (χ2v) is 8.06. The van der Waals surface area contributed by atoms with Crippen LogP contribution in [0.2, 0.25) is 0 Å². The van der Waals surface area contributed by atoms with E-state index in [1.54, 1.807) is 25.3 Å². The lowest BCUT2D eigenvalue weighted by Gasteiger charge is -2.22. The van der Waals surface area contributed by atoms with E-state index in [-0.39, 0.29) is 30.5 Å². The van der Waals surface area contributed by atoms with Crippen LogP contribution in [-0.2, 0) is 17.5 Å². The minimum Gasteiger partial charge on any atom is -0.461 e. The summed E-state index contributed by atoms with van der Waals surface area (Å²) in [6.45, 7) is 7.28. The second-order valence-electron chi connectivity index (χ2n) is 8.06. The summed E-state index contributed by atoms with van der Waals surface area (Å²) in [5.74, 6) is -1.51. The Morgan fingerprint density at radius 3 is 2.36 bits per heavy atom. The molecule has 1 aliphatic carbocycles. The van der Waals surface area contributed by atoms with Gasteiger partial charge in [-0.2, -0.15) is 13.2 Å². The normalized spacial score (nSPS) is 13.7. The van der Waals surface area contributed by atoms with Crippen LogP contribution in [0.25, 0.3) is 0 Å². The summed E-state index contributed by atoms with van der Waals surface area (Å²) in [5.41, 5.74) is 0.660. The number of benzene rings is 1. The highest BCUT2D eigenvalue weighted by molar-refractivity contribution is 6.06. The first-order valence-corrected chi connectivity index (χ1v) is 10.9. The molecule has 0 atom stereocenters. The molecule has 0 saturated heterocycles. The minimum atomic E-state index is -4.57. The molecule has 1 fully saturated rings. The molecular weight excluding hydrogens is 437 g/mol. The van der Waals surface area contributed by atoms with Crippen molar-refractivity contribution in [2.75, 3.05) is 13.2 Å². The summed E-state index contributed by atoms with van der Waals surface area (Å²) in [4.78, 5) is 40.2. The summed E-state index contributed by atoms with van der Waals surface area (Å²) in [5, 5.41) is 0. The maximum atomic E-state index is 13.3. The summed E-state index contributed by atoms with van der Waals surface area (Å²) < 4.78 is 46.1. The zero-order chi connectivity index (χ0) is 24.5. The van der Waals surface area contributed by atoms with Crippen LogP contribution in [0.3, 0.4) is 0 Å². The molecular formula is C24H27F3N2O4. The van der Waals surface area contributed by atoms with Crippen molar-refractivity contribution in [1.82, 2.24) is 9.47 Å². The number of nitrogens with zero attached hydrogens (tertiary/aromatic N) is 2. The Labute approximate surface area is 190 Å². The second kappa shape index (κ2) is 9.41. The topological polar surface area (TPSA) is 68.6 Å². The number of ether oxygens (including phenoxy) is 1. The molecule has 9 heteroatoms. The fraction of sp³-hybridized carbons (Fsp3) is 0.458. The highest BCUT2D eigenvalue weighted by Crippen LogP contribution is 2.32. The number of hydrogen-bond donors (Lipinski definition) is 0. The molecule has 1 aliphatic rings. The van der Waals surface area contributed by atoms with Crippen molar-refractivity contribution in [2.45, 2.75) is 59.3 Å². The molecule has 0 N–H and O–H groups in total. The number of halogens is 3. The van der Waals surface area contributed by atoms with Crippen molar-refractivity contribution in [3.63, 3.8) is 0 Å². The lowest BCUT2D eigenvalue weighted by atomic mass is 10.0. The third-order valence-electron chi connectivity index (χ3n) is 5.83. The SMILES string of the molecule is CCOC(=O)c1c(C)c(C(=O)CN(C(=O)c2cccc(C(F)(F)F)c2)C2CC2)c(C)n1CC. The van der Waals surface area contributed by atoms with Gasteiger partial charge in [0.25, 0.3) is 5.91 Å². The smallest absolute Gasteiger partial charge is 0.416 e. The van der Waals surface area contributed by atoms with Gasteiger partial charge in [0.2, 0.25) is 0 Å². The number of Topliss-reactive ketones (excluding diaryl/α,β-unsaturated/α-hetero) is 1. The predicted octanol–water partition coefficient (Wildman–Crippen LogP) is 4.81. The number of esters is 1. The number of carbonyl (C=O) groups is 3. The number of hydrogen-bond acceptors (Lipinski definition) is 4. The van der Waals surface area contributed by atoms with Gasteiger partial charge in [-0.25, -0.2) is 4.79 Å². The van der Waals surface area contributed by atoms with E-state index in [0.717, 1.165) is 12.1 Å². The number of aromatic nitrogens is 1. The Hall–Kier alpha value is -3.10. The molecule has 0 bridgehead atoms. The van der Waals surface area contributed by atoms with Gasteiger partial charge in [0.15, 0.2) is 5.78 Å². The van der Waals surface area contributed by atoms with E-state index in [1.807, 2.05) is 6.92 Å². The number of rotatable bonds is 8. The van der Waals surface area contributed by atoms with Gasteiger partial charge >= 0.3 is 12.1 Å². The molecule has 1 heterocycles. The highest BCUT2D eigenvalue weighted by Gasteiger charge is 2.37. The quantitative estimate of drug-likeness (QED) is 0.415. The summed E-state index contributed by atoms with van der Waals surface area (Å²) >= 11 is 0. The van der Waals surface area contributed by atoms with E-state index in [2.05, 4.69) is 0 Å². The average molecular weight is 464 g/mol. The lowest BCUT2D eigenvalue weighted by molar-refractivity contribution is -0.137. The molecule has 1 amide bonds. The number of ketones is 1. The van der Waals surface area contributed by atoms with Gasteiger partial charge in [-0.3, -0.25) is 9.59 Å². The van der Waals surface area contributed by atoms with E-state index in [1.165, 1.54) is 17.0 Å². The first-order valence-electron chi connectivity index (χ1n) is 10.9. The van der Waals surface area contributed by atoms with E-state index in [9.17, 15) is 27.6 Å². The lowest BCUT2D eigenvalue weighted by Crippen LogP contribution is -2.38.